The Morgan fingerprint density at radius 1 is 1.00 bits per heavy atom. The fourth-order valence-electron chi connectivity index (χ4n) is 4.99. The molecule has 44 heavy (non-hydrogen) atoms. The molecule has 3 rings (SSSR count). The van der Waals surface area contributed by atoms with Gasteiger partial charge >= 0.3 is 0 Å². The van der Waals surface area contributed by atoms with Gasteiger partial charge in [0, 0.05) is 39.5 Å². The number of benzene rings is 1. The molecule has 0 spiro atoms. The van der Waals surface area contributed by atoms with Gasteiger partial charge in [0.1, 0.15) is 30.1 Å². The zero-order valence-electron chi connectivity index (χ0n) is 26.3. The van der Waals surface area contributed by atoms with Crippen molar-refractivity contribution < 1.29 is 33.1 Å². The maximum atomic E-state index is 13.8. The van der Waals surface area contributed by atoms with Crippen LogP contribution in [-0.2, 0) is 25.6 Å². The number of nitrogens with zero attached hydrogens (tertiary/aromatic N) is 2. The van der Waals surface area contributed by atoms with Gasteiger partial charge in [-0.2, -0.15) is 0 Å². The minimum atomic E-state index is -0.982. The van der Waals surface area contributed by atoms with Crippen molar-refractivity contribution >= 4 is 29.5 Å². The van der Waals surface area contributed by atoms with Crippen LogP contribution in [0.2, 0.25) is 0 Å². The van der Waals surface area contributed by atoms with E-state index in [0.29, 0.717) is 43.7 Å². The lowest BCUT2D eigenvalue weighted by Gasteiger charge is -2.30. The zero-order chi connectivity index (χ0) is 32.2. The highest BCUT2D eigenvalue weighted by Gasteiger charge is 2.32. The molecule has 1 fully saturated rings. The molecule has 0 radical (unpaired) electrons. The summed E-state index contributed by atoms with van der Waals surface area (Å²) >= 11 is 0. The highest BCUT2D eigenvalue weighted by atomic mass is 16.5. The molecule has 5 amide bonds. The molecule has 240 valence electrons. The summed E-state index contributed by atoms with van der Waals surface area (Å²) in [5.41, 5.74) is 1.18. The summed E-state index contributed by atoms with van der Waals surface area (Å²) in [5, 5.41) is 8.55. The Balaban J connectivity index is 1.86. The Hall–Kier alpha value is -4.35. The number of carbonyl (C=O) groups excluding carboxylic acids is 5. The Morgan fingerprint density at radius 2 is 1.70 bits per heavy atom. The molecule has 2 heterocycles. The van der Waals surface area contributed by atoms with Crippen LogP contribution in [-0.4, -0.2) is 91.3 Å². The van der Waals surface area contributed by atoms with Crippen molar-refractivity contribution in [2.45, 2.75) is 71.0 Å². The van der Waals surface area contributed by atoms with Crippen molar-refractivity contribution in [3.8, 4) is 5.75 Å². The highest BCUT2D eigenvalue weighted by molar-refractivity contribution is 5.95. The van der Waals surface area contributed by atoms with Gasteiger partial charge in [-0.3, -0.25) is 24.0 Å². The summed E-state index contributed by atoms with van der Waals surface area (Å²) in [6.45, 7) is 6.44. The van der Waals surface area contributed by atoms with E-state index in [4.69, 9.17) is 9.15 Å². The molecule has 12 nitrogen and oxygen atoms in total. The number of nitrogens with one attached hydrogen (secondary N) is 3. The molecule has 1 aliphatic heterocycles. The Labute approximate surface area is 258 Å². The van der Waals surface area contributed by atoms with E-state index in [0.717, 1.165) is 5.56 Å². The second-order valence-corrected chi connectivity index (χ2v) is 11.5. The number of likely N-dealkylation sites (N-methyl/N-ethyl adjacent to an activating group) is 1. The first-order chi connectivity index (χ1) is 21.0. The second kappa shape index (κ2) is 16.5. The standard InChI is InChI=1S/C32H45N5O7/c1-21(2)18-26-30(40)35-27(19-23-9-11-25(43-5)12-10-23)32(42)36(4)22(3)29(39)33-14-7-16-37(15-6-8-28(38)34-26)31(41)24-13-17-44-20-24/h9-13,17,20-22,26-27H,6-8,14-16,18-19H2,1-5H3,(H,33,39)(H,34,38)(H,35,40)/t22-,26+,27-/m0/s1. The summed E-state index contributed by atoms with van der Waals surface area (Å²) in [6, 6.07) is 6.07. The van der Waals surface area contributed by atoms with Crippen LogP contribution in [0.1, 0.15) is 62.4 Å². The van der Waals surface area contributed by atoms with Gasteiger partial charge in [-0.25, -0.2) is 0 Å². The van der Waals surface area contributed by atoms with Gasteiger partial charge in [0.05, 0.1) is 18.9 Å². The van der Waals surface area contributed by atoms with Crippen molar-refractivity contribution in [3.05, 3.63) is 54.0 Å². The molecule has 0 aliphatic carbocycles. The largest absolute Gasteiger partial charge is 0.497 e. The first-order valence-corrected chi connectivity index (χ1v) is 15.1. The number of methoxy groups -OCH3 is 1. The SMILES string of the molecule is COc1ccc(C[C@@H]2NC(=O)[C@@H](CC(C)C)NC(=O)CCCN(C(=O)c3ccoc3)CCCNC(=O)[C@H](C)N(C)C2=O)cc1. The molecule has 3 N–H and O–H groups in total. The molecule has 1 saturated heterocycles. The van der Waals surface area contributed by atoms with Crippen LogP contribution >= 0.6 is 0 Å². The lowest BCUT2D eigenvalue weighted by Crippen LogP contribution is -2.57. The molecular formula is C32H45N5O7. The van der Waals surface area contributed by atoms with Crippen molar-refractivity contribution in [2.75, 3.05) is 33.8 Å². The Bertz CT molecular complexity index is 1260. The third kappa shape index (κ3) is 9.85. The molecule has 0 bridgehead atoms. The van der Waals surface area contributed by atoms with Crippen LogP contribution in [0.3, 0.4) is 0 Å². The molecular weight excluding hydrogens is 566 g/mol. The summed E-state index contributed by atoms with van der Waals surface area (Å²) in [5.74, 6) is -1.10. The quantitative estimate of drug-likeness (QED) is 0.453. The first kappa shape index (κ1) is 34.1. The summed E-state index contributed by atoms with van der Waals surface area (Å²) in [7, 11) is 3.09. The van der Waals surface area contributed by atoms with Gasteiger partial charge in [0.2, 0.25) is 23.6 Å². The Morgan fingerprint density at radius 3 is 2.34 bits per heavy atom. The highest BCUT2D eigenvalue weighted by Crippen LogP contribution is 2.15. The molecule has 12 heteroatoms. The van der Waals surface area contributed by atoms with Gasteiger partial charge in [-0.05, 0) is 55.9 Å². The van der Waals surface area contributed by atoms with Crippen LogP contribution in [0.5, 0.6) is 5.75 Å². The van der Waals surface area contributed by atoms with Crippen molar-refractivity contribution in [3.63, 3.8) is 0 Å². The average Bonchev–Trinajstić information content (AvgIpc) is 3.55. The van der Waals surface area contributed by atoms with Crippen LogP contribution in [0.25, 0.3) is 0 Å². The zero-order valence-corrected chi connectivity index (χ0v) is 26.3. The predicted octanol–water partition coefficient (Wildman–Crippen LogP) is 2.14. The van der Waals surface area contributed by atoms with E-state index in [9.17, 15) is 24.0 Å². The minimum Gasteiger partial charge on any atom is -0.497 e. The number of amides is 5. The van der Waals surface area contributed by atoms with E-state index in [-0.39, 0.29) is 43.0 Å². The second-order valence-electron chi connectivity index (χ2n) is 11.5. The topological polar surface area (TPSA) is 150 Å². The molecule has 1 aromatic carbocycles. The van der Waals surface area contributed by atoms with E-state index in [1.807, 2.05) is 26.0 Å². The minimum absolute atomic E-state index is 0.0779. The van der Waals surface area contributed by atoms with Crippen molar-refractivity contribution in [1.82, 2.24) is 25.8 Å². The van der Waals surface area contributed by atoms with Gasteiger partial charge in [0.25, 0.3) is 5.91 Å². The van der Waals surface area contributed by atoms with E-state index < -0.39 is 29.9 Å². The number of hydrogen-bond acceptors (Lipinski definition) is 7. The maximum Gasteiger partial charge on any atom is 0.257 e. The van der Waals surface area contributed by atoms with Gasteiger partial charge in [-0.15, -0.1) is 0 Å². The predicted molar refractivity (Wildman–Crippen MR) is 164 cm³/mol. The molecule has 0 unspecified atom stereocenters. The van der Waals surface area contributed by atoms with Gasteiger partial charge < -0.3 is 34.9 Å². The third-order valence-electron chi connectivity index (χ3n) is 7.67. The van der Waals surface area contributed by atoms with Crippen LogP contribution in [0, 0.1) is 5.92 Å². The van der Waals surface area contributed by atoms with Crippen LogP contribution in [0.15, 0.2) is 47.3 Å². The summed E-state index contributed by atoms with van der Waals surface area (Å²) < 4.78 is 10.3. The number of furan rings is 1. The summed E-state index contributed by atoms with van der Waals surface area (Å²) in [6.07, 6.45) is 4.27. The monoisotopic (exact) mass is 611 g/mol. The molecule has 3 atom stereocenters. The van der Waals surface area contributed by atoms with Crippen molar-refractivity contribution in [1.29, 1.82) is 0 Å². The Kier molecular flexibility index (Phi) is 12.8. The number of rotatable bonds is 6. The van der Waals surface area contributed by atoms with E-state index >= 15 is 0 Å². The normalized spacial score (nSPS) is 21.6. The average molecular weight is 612 g/mol. The fraction of sp³-hybridized carbons (Fsp3) is 0.531. The molecule has 2 aromatic rings. The number of ether oxygens (including phenoxy) is 1. The van der Waals surface area contributed by atoms with E-state index in [2.05, 4.69) is 16.0 Å². The molecule has 0 saturated carbocycles. The summed E-state index contributed by atoms with van der Waals surface area (Å²) in [4.78, 5) is 69.4. The lowest BCUT2D eigenvalue weighted by atomic mass is 10.00. The van der Waals surface area contributed by atoms with Crippen molar-refractivity contribution in [2.24, 2.45) is 5.92 Å². The van der Waals surface area contributed by atoms with Crippen LogP contribution < -0.4 is 20.7 Å². The molecule has 1 aromatic heterocycles. The van der Waals surface area contributed by atoms with Gasteiger partial charge in [-0.1, -0.05) is 26.0 Å². The maximum absolute atomic E-state index is 13.8. The first-order valence-electron chi connectivity index (χ1n) is 15.1. The van der Waals surface area contributed by atoms with Gasteiger partial charge in [0.15, 0.2) is 0 Å². The van der Waals surface area contributed by atoms with E-state index in [1.165, 1.54) is 24.5 Å². The number of hydrogen-bond donors (Lipinski definition) is 3. The third-order valence-corrected chi connectivity index (χ3v) is 7.67. The van der Waals surface area contributed by atoms with E-state index in [1.54, 1.807) is 37.1 Å². The number of carbonyl (C=O) groups is 5. The molecule has 1 aliphatic rings. The lowest BCUT2D eigenvalue weighted by molar-refractivity contribution is -0.141. The van der Waals surface area contributed by atoms with Crippen LogP contribution in [0.4, 0.5) is 0 Å². The fourth-order valence-corrected chi connectivity index (χ4v) is 4.99. The smallest absolute Gasteiger partial charge is 0.257 e.